The summed E-state index contributed by atoms with van der Waals surface area (Å²) in [5, 5.41) is 2.79. The maximum absolute atomic E-state index is 13.3. The van der Waals surface area contributed by atoms with Crippen LogP contribution in [0.25, 0.3) is 5.65 Å². The van der Waals surface area contributed by atoms with Crippen molar-refractivity contribution in [2.75, 3.05) is 13.1 Å². The molecule has 174 valence electrons. The van der Waals surface area contributed by atoms with Gasteiger partial charge in [0.05, 0.1) is 17.8 Å². The molecule has 0 saturated carbocycles. The number of nitrogens with zero attached hydrogens (tertiary/aromatic N) is 3. The van der Waals surface area contributed by atoms with Crippen molar-refractivity contribution in [2.45, 2.75) is 24.1 Å². The fourth-order valence-electron chi connectivity index (χ4n) is 3.51. The van der Waals surface area contributed by atoms with Crippen LogP contribution in [0.15, 0.2) is 84.0 Å². The number of likely N-dealkylation sites (N-methyl/N-ethyl adjacent to an activating group) is 1. The minimum absolute atomic E-state index is 0.0536. The van der Waals surface area contributed by atoms with Gasteiger partial charge in [-0.05, 0) is 48.9 Å². The van der Waals surface area contributed by atoms with Crippen molar-refractivity contribution in [1.29, 1.82) is 0 Å². The molecule has 0 atom stereocenters. The van der Waals surface area contributed by atoms with Gasteiger partial charge in [-0.1, -0.05) is 30.3 Å². The topological polar surface area (TPSA) is 66.7 Å². The fraction of sp³-hybridized carbons (Fsp3) is 0.192. The van der Waals surface area contributed by atoms with Crippen LogP contribution in [0.1, 0.15) is 28.5 Å². The summed E-state index contributed by atoms with van der Waals surface area (Å²) in [6.45, 7) is 2.46. The van der Waals surface area contributed by atoms with E-state index in [1.165, 1.54) is 17.0 Å². The van der Waals surface area contributed by atoms with Crippen LogP contribution in [0, 0.1) is 5.82 Å². The van der Waals surface area contributed by atoms with Crippen LogP contribution in [0.5, 0.6) is 0 Å². The molecule has 2 heterocycles. The molecule has 0 radical (unpaired) electrons. The van der Waals surface area contributed by atoms with Gasteiger partial charge in [0.2, 0.25) is 5.91 Å². The normalized spacial score (nSPS) is 10.9. The number of imidazole rings is 1. The second-order valence-corrected chi connectivity index (χ2v) is 8.72. The molecule has 34 heavy (non-hydrogen) atoms. The highest BCUT2D eigenvalue weighted by Crippen LogP contribution is 2.27. The van der Waals surface area contributed by atoms with Crippen LogP contribution in [-0.4, -0.2) is 39.2 Å². The molecule has 1 N–H and O–H groups in total. The summed E-state index contributed by atoms with van der Waals surface area (Å²) in [5.74, 6) is -0.168. The Balaban J connectivity index is 1.39. The minimum Gasteiger partial charge on any atom is -0.350 e. The van der Waals surface area contributed by atoms with Gasteiger partial charge in [-0.15, -0.1) is 11.8 Å². The van der Waals surface area contributed by atoms with Crippen LogP contribution >= 0.6 is 11.8 Å². The molecule has 2 amide bonds. The number of hydrogen-bond acceptors (Lipinski definition) is 4. The third kappa shape index (κ3) is 5.82. The van der Waals surface area contributed by atoms with Crippen molar-refractivity contribution in [1.82, 2.24) is 19.6 Å². The maximum atomic E-state index is 13.3. The van der Waals surface area contributed by atoms with Gasteiger partial charge in [0, 0.05) is 36.1 Å². The Morgan fingerprint density at radius 3 is 2.59 bits per heavy atom. The first kappa shape index (κ1) is 23.5. The number of benzene rings is 2. The number of carbonyl (C=O) groups is 2. The number of pyridine rings is 1. The molecule has 0 saturated heterocycles. The molecule has 8 heteroatoms. The van der Waals surface area contributed by atoms with Crippen molar-refractivity contribution < 1.29 is 14.0 Å². The first-order chi connectivity index (χ1) is 16.5. The predicted molar refractivity (Wildman–Crippen MR) is 131 cm³/mol. The maximum Gasteiger partial charge on any atom is 0.255 e. The van der Waals surface area contributed by atoms with Crippen molar-refractivity contribution in [2.24, 2.45) is 0 Å². The lowest BCUT2D eigenvalue weighted by molar-refractivity contribution is -0.121. The zero-order chi connectivity index (χ0) is 23.9. The SMILES string of the molecule is CCN(CC(=O)NCc1ccc(F)cc1)C(=O)c1ccccc1SCc1cn2ccccc2n1. The van der Waals surface area contributed by atoms with Crippen LogP contribution in [0.4, 0.5) is 4.39 Å². The number of amides is 2. The second-order valence-electron chi connectivity index (χ2n) is 7.71. The Labute approximate surface area is 201 Å². The van der Waals surface area contributed by atoms with E-state index < -0.39 is 0 Å². The minimum atomic E-state index is -0.324. The zero-order valence-electron chi connectivity index (χ0n) is 18.8. The molecule has 4 rings (SSSR count). The van der Waals surface area contributed by atoms with E-state index in [1.54, 1.807) is 30.0 Å². The van der Waals surface area contributed by atoms with Crippen molar-refractivity contribution in [3.63, 3.8) is 0 Å². The van der Waals surface area contributed by atoms with E-state index in [2.05, 4.69) is 10.3 Å². The van der Waals surface area contributed by atoms with Crippen LogP contribution in [0.2, 0.25) is 0 Å². The average Bonchev–Trinajstić information content (AvgIpc) is 3.28. The molecular weight excluding hydrogens is 451 g/mol. The van der Waals surface area contributed by atoms with Crippen LogP contribution in [-0.2, 0) is 17.1 Å². The van der Waals surface area contributed by atoms with E-state index in [0.29, 0.717) is 17.9 Å². The molecule has 0 aliphatic heterocycles. The van der Waals surface area contributed by atoms with E-state index in [-0.39, 0.29) is 30.7 Å². The third-order valence-electron chi connectivity index (χ3n) is 5.31. The van der Waals surface area contributed by atoms with Gasteiger partial charge in [0.15, 0.2) is 0 Å². The molecule has 0 aliphatic rings. The zero-order valence-corrected chi connectivity index (χ0v) is 19.6. The van der Waals surface area contributed by atoms with Gasteiger partial charge in [0.25, 0.3) is 5.91 Å². The molecule has 4 aromatic rings. The molecule has 2 aromatic carbocycles. The second kappa shape index (κ2) is 11.0. The van der Waals surface area contributed by atoms with Gasteiger partial charge >= 0.3 is 0 Å². The first-order valence-electron chi connectivity index (χ1n) is 11.0. The molecule has 0 spiro atoms. The van der Waals surface area contributed by atoms with E-state index in [1.807, 2.05) is 60.1 Å². The lowest BCUT2D eigenvalue weighted by Crippen LogP contribution is -2.40. The Kier molecular flexibility index (Phi) is 7.59. The third-order valence-corrected chi connectivity index (χ3v) is 6.42. The highest BCUT2D eigenvalue weighted by atomic mass is 32.2. The number of carbonyl (C=O) groups excluding carboxylic acids is 2. The number of aromatic nitrogens is 2. The highest BCUT2D eigenvalue weighted by molar-refractivity contribution is 7.98. The smallest absolute Gasteiger partial charge is 0.255 e. The summed E-state index contributed by atoms with van der Waals surface area (Å²) in [4.78, 5) is 32.7. The van der Waals surface area contributed by atoms with E-state index in [0.717, 1.165) is 21.8 Å². The Morgan fingerprint density at radius 1 is 1.06 bits per heavy atom. The van der Waals surface area contributed by atoms with Gasteiger partial charge in [0.1, 0.15) is 11.5 Å². The molecule has 2 aromatic heterocycles. The largest absolute Gasteiger partial charge is 0.350 e. The molecule has 0 bridgehead atoms. The molecule has 6 nitrogen and oxygen atoms in total. The number of nitrogens with one attached hydrogen (secondary N) is 1. The molecule has 0 unspecified atom stereocenters. The van der Waals surface area contributed by atoms with E-state index in [4.69, 9.17) is 0 Å². The van der Waals surface area contributed by atoms with Crippen LogP contribution in [0.3, 0.4) is 0 Å². The average molecular weight is 477 g/mol. The summed E-state index contributed by atoms with van der Waals surface area (Å²) in [5.41, 5.74) is 3.15. The van der Waals surface area contributed by atoms with E-state index >= 15 is 0 Å². The first-order valence-corrected chi connectivity index (χ1v) is 12.0. The molecule has 0 fully saturated rings. The van der Waals surface area contributed by atoms with Crippen molar-refractivity contribution >= 4 is 29.2 Å². The lowest BCUT2D eigenvalue weighted by Gasteiger charge is -2.21. The summed E-state index contributed by atoms with van der Waals surface area (Å²) >= 11 is 1.54. The number of fused-ring (bicyclic) bond motifs is 1. The Bertz CT molecular complexity index is 1260. The van der Waals surface area contributed by atoms with Crippen molar-refractivity contribution in [3.8, 4) is 0 Å². The highest BCUT2D eigenvalue weighted by Gasteiger charge is 2.20. The monoisotopic (exact) mass is 476 g/mol. The van der Waals surface area contributed by atoms with Gasteiger partial charge in [-0.2, -0.15) is 0 Å². The standard InChI is InChI=1S/C26H25FN4O2S/c1-2-30(17-25(32)28-15-19-10-12-20(27)13-11-19)26(33)22-7-3-4-8-23(22)34-18-21-16-31-14-6-5-9-24(31)29-21/h3-14,16H,2,15,17-18H2,1H3,(H,28,32). The summed E-state index contributed by atoms with van der Waals surface area (Å²) in [7, 11) is 0. The molecular formula is C26H25FN4O2S. The predicted octanol–water partition coefficient (Wildman–Crippen LogP) is 4.54. The molecule has 0 aliphatic carbocycles. The Morgan fingerprint density at radius 2 is 1.82 bits per heavy atom. The lowest BCUT2D eigenvalue weighted by atomic mass is 10.2. The summed E-state index contributed by atoms with van der Waals surface area (Å²) in [6, 6.07) is 19.2. The Hall–Kier alpha value is -3.65. The number of thioether (sulfide) groups is 1. The van der Waals surface area contributed by atoms with Crippen LogP contribution < -0.4 is 5.32 Å². The quantitative estimate of drug-likeness (QED) is 0.360. The number of halogens is 1. The van der Waals surface area contributed by atoms with Crippen molar-refractivity contribution in [3.05, 3.63) is 102 Å². The summed E-state index contributed by atoms with van der Waals surface area (Å²) in [6.07, 6.45) is 3.94. The van der Waals surface area contributed by atoms with Gasteiger partial charge in [-0.25, -0.2) is 9.37 Å². The number of hydrogen-bond donors (Lipinski definition) is 1. The van der Waals surface area contributed by atoms with E-state index in [9.17, 15) is 14.0 Å². The summed E-state index contributed by atoms with van der Waals surface area (Å²) < 4.78 is 15.0. The fourth-order valence-corrected chi connectivity index (χ4v) is 4.44. The van der Waals surface area contributed by atoms with Gasteiger partial charge < -0.3 is 14.6 Å². The van der Waals surface area contributed by atoms with Gasteiger partial charge in [-0.3, -0.25) is 9.59 Å². The number of rotatable bonds is 9.